The first kappa shape index (κ1) is 15.7. The molecular weight excluding hydrogens is 263 g/mol. The predicted octanol–water partition coefficient (Wildman–Crippen LogP) is 2.95. The molecule has 108 valence electrons. The van der Waals surface area contributed by atoms with Crippen LogP contribution in [-0.2, 0) is 0 Å². The Kier molecular flexibility index (Phi) is 5.25. The summed E-state index contributed by atoms with van der Waals surface area (Å²) in [5.74, 6) is -2.24. The van der Waals surface area contributed by atoms with Crippen LogP contribution in [0.2, 0.25) is 0 Å². The number of rotatable bonds is 5. The molecule has 0 bridgehead atoms. The fourth-order valence-corrected chi connectivity index (χ4v) is 1.63. The molecule has 0 aliphatic heterocycles. The van der Waals surface area contributed by atoms with Crippen LogP contribution in [0.4, 0.5) is 14.9 Å². The van der Waals surface area contributed by atoms with Gasteiger partial charge in [-0.1, -0.05) is 6.08 Å². The van der Waals surface area contributed by atoms with Gasteiger partial charge in [-0.2, -0.15) is 0 Å². The molecule has 0 heterocycles. The summed E-state index contributed by atoms with van der Waals surface area (Å²) in [6.07, 6.45) is 1.59. The Morgan fingerprint density at radius 2 is 2.15 bits per heavy atom. The van der Waals surface area contributed by atoms with Crippen LogP contribution in [0.3, 0.4) is 0 Å². The van der Waals surface area contributed by atoms with Crippen LogP contribution in [0.5, 0.6) is 0 Å². The van der Waals surface area contributed by atoms with Gasteiger partial charge in [0.2, 0.25) is 0 Å². The zero-order valence-electron chi connectivity index (χ0n) is 11.4. The van der Waals surface area contributed by atoms with Crippen molar-refractivity contribution in [2.75, 3.05) is 11.9 Å². The van der Waals surface area contributed by atoms with Crippen molar-refractivity contribution in [3.05, 3.63) is 42.2 Å². The number of amides is 2. The van der Waals surface area contributed by atoms with Gasteiger partial charge in [-0.3, -0.25) is 0 Å². The van der Waals surface area contributed by atoms with Crippen molar-refractivity contribution in [1.82, 2.24) is 4.90 Å². The van der Waals surface area contributed by atoms with Gasteiger partial charge in [0.1, 0.15) is 5.82 Å². The molecule has 0 unspecified atom stereocenters. The molecule has 0 aliphatic rings. The van der Waals surface area contributed by atoms with Crippen molar-refractivity contribution < 1.29 is 19.1 Å². The van der Waals surface area contributed by atoms with Crippen LogP contribution < -0.4 is 5.32 Å². The van der Waals surface area contributed by atoms with E-state index >= 15 is 0 Å². The van der Waals surface area contributed by atoms with E-state index in [1.165, 1.54) is 11.0 Å². The number of halogens is 1. The van der Waals surface area contributed by atoms with E-state index in [0.29, 0.717) is 6.54 Å². The first-order valence-corrected chi connectivity index (χ1v) is 6.08. The van der Waals surface area contributed by atoms with Crippen molar-refractivity contribution >= 4 is 17.7 Å². The summed E-state index contributed by atoms with van der Waals surface area (Å²) in [4.78, 5) is 24.2. The number of carbonyl (C=O) groups is 2. The third-order valence-corrected chi connectivity index (χ3v) is 2.66. The largest absolute Gasteiger partial charge is 0.478 e. The molecule has 1 aromatic rings. The van der Waals surface area contributed by atoms with E-state index in [1.807, 2.05) is 13.8 Å². The number of hydrogen-bond donors (Lipinski definition) is 2. The van der Waals surface area contributed by atoms with E-state index in [9.17, 15) is 14.0 Å². The zero-order valence-corrected chi connectivity index (χ0v) is 11.4. The Bertz CT molecular complexity index is 529. The van der Waals surface area contributed by atoms with Gasteiger partial charge in [0.05, 0.1) is 5.56 Å². The van der Waals surface area contributed by atoms with Crippen LogP contribution >= 0.6 is 0 Å². The van der Waals surface area contributed by atoms with Gasteiger partial charge in [0, 0.05) is 18.3 Å². The molecular formula is C14H17FN2O3. The maximum Gasteiger partial charge on any atom is 0.338 e. The average molecular weight is 280 g/mol. The molecule has 0 spiro atoms. The van der Waals surface area contributed by atoms with Gasteiger partial charge in [-0.05, 0) is 32.0 Å². The quantitative estimate of drug-likeness (QED) is 0.815. The van der Waals surface area contributed by atoms with E-state index in [0.717, 1.165) is 12.1 Å². The zero-order chi connectivity index (χ0) is 15.3. The lowest BCUT2D eigenvalue weighted by atomic mass is 10.2. The average Bonchev–Trinajstić information content (AvgIpc) is 2.34. The fraction of sp³-hybridized carbons (Fsp3) is 0.286. The molecule has 0 aliphatic carbocycles. The highest BCUT2D eigenvalue weighted by Gasteiger charge is 2.17. The van der Waals surface area contributed by atoms with Gasteiger partial charge < -0.3 is 15.3 Å². The van der Waals surface area contributed by atoms with Crippen LogP contribution in [0.25, 0.3) is 0 Å². The minimum atomic E-state index is -1.35. The normalized spacial score (nSPS) is 10.2. The second-order valence-corrected chi connectivity index (χ2v) is 4.46. The lowest BCUT2D eigenvalue weighted by Gasteiger charge is -2.25. The number of carboxylic acid groups (broad SMARTS) is 1. The molecule has 2 amide bonds. The number of nitrogens with one attached hydrogen (secondary N) is 1. The van der Waals surface area contributed by atoms with Gasteiger partial charge in [0.25, 0.3) is 0 Å². The van der Waals surface area contributed by atoms with Gasteiger partial charge in [-0.15, -0.1) is 6.58 Å². The minimum Gasteiger partial charge on any atom is -0.478 e. The first-order valence-electron chi connectivity index (χ1n) is 6.08. The molecule has 0 radical (unpaired) electrons. The maximum atomic E-state index is 13.5. The number of nitrogens with zero attached hydrogens (tertiary/aromatic N) is 1. The first-order chi connectivity index (χ1) is 9.36. The van der Waals surface area contributed by atoms with Gasteiger partial charge in [0.15, 0.2) is 0 Å². The summed E-state index contributed by atoms with van der Waals surface area (Å²) >= 11 is 0. The number of hydrogen-bond acceptors (Lipinski definition) is 2. The minimum absolute atomic E-state index is 0.0452. The molecule has 0 saturated heterocycles. The van der Waals surface area contributed by atoms with Crippen LogP contribution in [0, 0.1) is 5.82 Å². The number of urea groups is 1. The molecule has 1 aromatic carbocycles. The summed E-state index contributed by atoms with van der Waals surface area (Å²) in [6, 6.07) is 2.99. The number of carbonyl (C=O) groups excluding carboxylic acids is 1. The van der Waals surface area contributed by atoms with Crippen LogP contribution in [0.15, 0.2) is 30.9 Å². The van der Waals surface area contributed by atoms with Crippen molar-refractivity contribution in [2.24, 2.45) is 0 Å². The highest BCUT2D eigenvalue weighted by Crippen LogP contribution is 2.15. The lowest BCUT2D eigenvalue weighted by Crippen LogP contribution is -2.40. The Morgan fingerprint density at radius 1 is 1.50 bits per heavy atom. The Hall–Kier alpha value is -2.37. The predicted molar refractivity (Wildman–Crippen MR) is 74.4 cm³/mol. The monoisotopic (exact) mass is 280 g/mol. The van der Waals surface area contributed by atoms with E-state index < -0.39 is 23.4 Å². The number of benzene rings is 1. The van der Waals surface area contributed by atoms with Crippen molar-refractivity contribution in [3.63, 3.8) is 0 Å². The molecule has 1 rings (SSSR count). The molecule has 0 aromatic heterocycles. The Morgan fingerprint density at radius 3 is 2.60 bits per heavy atom. The Labute approximate surface area is 116 Å². The molecule has 2 N–H and O–H groups in total. The third kappa shape index (κ3) is 3.81. The standard InChI is InChI=1S/C14H17FN2O3/c1-4-7-17(9(2)3)14(20)16-10-5-6-11(13(18)19)12(15)8-10/h4-6,8-9H,1,7H2,2-3H3,(H,16,20)(H,18,19). The summed E-state index contributed by atoms with van der Waals surface area (Å²) in [7, 11) is 0. The van der Waals surface area contributed by atoms with Crippen LogP contribution in [0.1, 0.15) is 24.2 Å². The topological polar surface area (TPSA) is 69.6 Å². The molecule has 5 nitrogen and oxygen atoms in total. The number of carboxylic acids is 1. The van der Waals surface area contributed by atoms with E-state index in [2.05, 4.69) is 11.9 Å². The van der Waals surface area contributed by atoms with Crippen molar-refractivity contribution in [1.29, 1.82) is 0 Å². The van der Waals surface area contributed by atoms with E-state index in [1.54, 1.807) is 6.08 Å². The second-order valence-electron chi connectivity index (χ2n) is 4.46. The highest BCUT2D eigenvalue weighted by atomic mass is 19.1. The maximum absolute atomic E-state index is 13.5. The molecule has 6 heteroatoms. The second kappa shape index (κ2) is 6.70. The van der Waals surface area contributed by atoms with Gasteiger partial charge >= 0.3 is 12.0 Å². The molecule has 0 fully saturated rings. The molecule has 0 saturated carbocycles. The SMILES string of the molecule is C=CCN(C(=O)Nc1ccc(C(=O)O)c(F)c1)C(C)C. The smallest absolute Gasteiger partial charge is 0.338 e. The van der Waals surface area contributed by atoms with Crippen molar-refractivity contribution in [2.45, 2.75) is 19.9 Å². The summed E-state index contributed by atoms with van der Waals surface area (Å²) < 4.78 is 13.5. The van der Waals surface area contributed by atoms with E-state index in [4.69, 9.17) is 5.11 Å². The van der Waals surface area contributed by atoms with E-state index in [-0.39, 0.29) is 11.7 Å². The highest BCUT2D eigenvalue weighted by molar-refractivity contribution is 5.92. The fourth-order valence-electron chi connectivity index (χ4n) is 1.63. The third-order valence-electron chi connectivity index (χ3n) is 2.66. The van der Waals surface area contributed by atoms with Crippen LogP contribution in [-0.4, -0.2) is 34.6 Å². The summed E-state index contributed by atoms with van der Waals surface area (Å²) in [6.45, 7) is 7.62. The molecule has 20 heavy (non-hydrogen) atoms. The number of anilines is 1. The van der Waals surface area contributed by atoms with Gasteiger partial charge in [-0.25, -0.2) is 14.0 Å². The Balaban J connectivity index is 2.87. The number of aromatic carboxylic acids is 1. The molecule has 0 atom stereocenters. The summed E-state index contributed by atoms with van der Waals surface area (Å²) in [5, 5.41) is 11.2. The summed E-state index contributed by atoms with van der Waals surface area (Å²) in [5.41, 5.74) is -0.234. The van der Waals surface area contributed by atoms with Crippen molar-refractivity contribution in [3.8, 4) is 0 Å². The lowest BCUT2D eigenvalue weighted by molar-refractivity contribution is 0.0692.